The summed E-state index contributed by atoms with van der Waals surface area (Å²) < 4.78 is 14.2. The fourth-order valence-corrected chi connectivity index (χ4v) is 2.77. The van der Waals surface area contributed by atoms with Gasteiger partial charge in [0.25, 0.3) is 0 Å². The first-order valence-corrected chi connectivity index (χ1v) is 8.05. The molecule has 1 atom stereocenters. The van der Waals surface area contributed by atoms with Crippen LogP contribution < -0.4 is 5.32 Å². The molecule has 0 aliphatic heterocycles. The van der Waals surface area contributed by atoms with Gasteiger partial charge in [-0.15, -0.1) is 0 Å². The van der Waals surface area contributed by atoms with Crippen LogP contribution in [0.25, 0.3) is 0 Å². The molecule has 0 fully saturated rings. The highest BCUT2D eigenvalue weighted by atomic mass is 79.9. The highest BCUT2D eigenvalue weighted by Gasteiger charge is 2.13. The minimum absolute atomic E-state index is 0.205. The number of halogens is 2. The van der Waals surface area contributed by atoms with Gasteiger partial charge in [0, 0.05) is 18.4 Å². The number of benzene rings is 1. The summed E-state index contributed by atoms with van der Waals surface area (Å²) in [7, 11) is 0. The van der Waals surface area contributed by atoms with Crippen molar-refractivity contribution in [2.24, 2.45) is 0 Å². The summed E-state index contributed by atoms with van der Waals surface area (Å²) in [6.07, 6.45) is 6.42. The molecule has 21 heavy (non-hydrogen) atoms. The van der Waals surface area contributed by atoms with E-state index in [0.29, 0.717) is 4.47 Å². The zero-order valence-electron chi connectivity index (χ0n) is 12.2. The molecule has 1 heterocycles. The van der Waals surface area contributed by atoms with E-state index in [1.165, 1.54) is 11.6 Å². The number of aromatic nitrogens is 1. The quantitative estimate of drug-likeness (QED) is 0.811. The van der Waals surface area contributed by atoms with Crippen LogP contribution in [0.15, 0.2) is 47.2 Å². The Hall–Kier alpha value is -1.26. The number of rotatable bonds is 7. The Morgan fingerprint density at radius 3 is 2.81 bits per heavy atom. The van der Waals surface area contributed by atoms with Crippen LogP contribution in [-0.4, -0.2) is 17.6 Å². The summed E-state index contributed by atoms with van der Waals surface area (Å²) in [5.74, 6) is -0.205. The Kier molecular flexibility index (Phi) is 6.33. The predicted octanol–water partition coefficient (Wildman–Crippen LogP) is 4.14. The maximum Gasteiger partial charge on any atom is 0.137 e. The third-order valence-electron chi connectivity index (χ3n) is 3.39. The van der Waals surface area contributed by atoms with E-state index in [9.17, 15) is 4.39 Å². The SMILES string of the molecule is CCCNC(Cc1cccnc1)Cc1cccc(F)c1Br. The molecule has 0 bridgehead atoms. The van der Waals surface area contributed by atoms with Crippen LogP contribution in [-0.2, 0) is 12.8 Å². The minimum Gasteiger partial charge on any atom is -0.313 e. The summed E-state index contributed by atoms with van der Waals surface area (Å²) >= 11 is 3.35. The van der Waals surface area contributed by atoms with Crippen LogP contribution in [0.5, 0.6) is 0 Å². The van der Waals surface area contributed by atoms with Gasteiger partial charge in [0.15, 0.2) is 0 Å². The van der Waals surface area contributed by atoms with Crippen molar-refractivity contribution in [2.45, 2.75) is 32.2 Å². The second-order valence-electron chi connectivity index (χ2n) is 5.13. The normalized spacial score (nSPS) is 12.3. The van der Waals surface area contributed by atoms with Crippen molar-refractivity contribution in [3.63, 3.8) is 0 Å². The fourth-order valence-electron chi connectivity index (χ4n) is 2.34. The van der Waals surface area contributed by atoms with E-state index in [4.69, 9.17) is 0 Å². The molecule has 2 nitrogen and oxygen atoms in total. The summed E-state index contributed by atoms with van der Waals surface area (Å²) in [6, 6.07) is 9.50. The molecule has 0 aliphatic carbocycles. The van der Waals surface area contributed by atoms with Crippen molar-refractivity contribution in [3.05, 3.63) is 64.1 Å². The lowest BCUT2D eigenvalue weighted by Gasteiger charge is -2.19. The third kappa shape index (κ3) is 4.90. The van der Waals surface area contributed by atoms with Gasteiger partial charge in [-0.05, 0) is 65.0 Å². The molecule has 4 heteroatoms. The highest BCUT2D eigenvalue weighted by Crippen LogP contribution is 2.22. The topological polar surface area (TPSA) is 24.9 Å². The van der Waals surface area contributed by atoms with Crippen LogP contribution in [0.3, 0.4) is 0 Å². The van der Waals surface area contributed by atoms with Crippen LogP contribution in [0.1, 0.15) is 24.5 Å². The summed E-state index contributed by atoms with van der Waals surface area (Å²) in [5.41, 5.74) is 2.19. The molecule has 0 saturated heterocycles. The Labute approximate surface area is 133 Å². The number of nitrogens with zero attached hydrogens (tertiary/aromatic N) is 1. The van der Waals surface area contributed by atoms with Crippen molar-refractivity contribution in [1.82, 2.24) is 10.3 Å². The van der Waals surface area contributed by atoms with Crippen molar-refractivity contribution in [2.75, 3.05) is 6.54 Å². The average molecular weight is 351 g/mol. The Balaban J connectivity index is 2.10. The van der Waals surface area contributed by atoms with Crippen molar-refractivity contribution in [3.8, 4) is 0 Å². The van der Waals surface area contributed by atoms with E-state index in [1.54, 1.807) is 12.3 Å². The zero-order chi connectivity index (χ0) is 15.1. The van der Waals surface area contributed by atoms with E-state index < -0.39 is 0 Å². The van der Waals surface area contributed by atoms with Gasteiger partial charge in [0.05, 0.1) is 4.47 Å². The Morgan fingerprint density at radius 1 is 1.24 bits per heavy atom. The summed E-state index contributed by atoms with van der Waals surface area (Å²) in [5, 5.41) is 3.54. The molecule has 1 aromatic carbocycles. The van der Waals surface area contributed by atoms with Gasteiger partial charge in [-0.25, -0.2) is 4.39 Å². The van der Waals surface area contributed by atoms with Crippen molar-refractivity contribution >= 4 is 15.9 Å². The molecule has 1 aromatic heterocycles. The van der Waals surface area contributed by atoms with E-state index in [0.717, 1.165) is 31.4 Å². The molecule has 0 radical (unpaired) electrons. The van der Waals surface area contributed by atoms with E-state index in [1.807, 2.05) is 18.3 Å². The smallest absolute Gasteiger partial charge is 0.137 e. The first-order chi connectivity index (χ1) is 10.2. The van der Waals surface area contributed by atoms with Gasteiger partial charge in [-0.3, -0.25) is 4.98 Å². The number of nitrogens with one attached hydrogen (secondary N) is 1. The minimum atomic E-state index is -0.205. The first kappa shape index (κ1) is 16.1. The lowest BCUT2D eigenvalue weighted by molar-refractivity contribution is 0.501. The molecule has 2 rings (SSSR count). The maximum absolute atomic E-state index is 13.6. The second kappa shape index (κ2) is 8.25. The van der Waals surface area contributed by atoms with Crippen LogP contribution in [0.2, 0.25) is 0 Å². The molecular formula is C17H20BrFN2. The van der Waals surface area contributed by atoms with Gasteiger partial charge in [0.1, 0.15) is 5.82 Å². The van der Waals surface area contributed by atoms with Crippen LogP contribution in [0.4, 0.5) is 4.39 Å². The molecule has 2 aromatic rings. The molecule has 0 spiro atoms. The zero-order valence-corrected chi connectivity index (χ0v) is 13.7. The molecule has 1 N–H and O–H groups in total. The van der Waals surface area contributed by atoms with Gasteiger partial charge < -0.3 is 5.32 Å². The highest BCUT2D eigenvalue weighted by molar-refractivity contribution is 9.10. The summed E-state index contributed by atoms with van der Waals surface area (Å²) in [4.78, 5) is 4.16. The molecule has 1 unspecified atom stereocenters. The van der Waals surface area contributed by atoms with Gasteiger partial charge in [-0.1, -0.05) is 25.1 Å². The second-order valence-corrected chi connectivity index (χ2v) is 5.93. The molecular weight excluding hydrogens is 331 g/mol. The lowest BCUT2D eigenvalue weighted by Crippen LogP contribution is -2.34. The Morgan fingerprint density at radius 2 is 2.10 bits per heavy atom. The Bertz CT molecular complexity index is 560. The fraction of sp³-hybridized carbons (Fsp3) is 0.353. The van der Waals surface area contributed by atoms with Crippen molar-refractivity contribution < 1.29 is 4.39 Å². The number of hydrogen-bond donors (Lipinski definition) is 1. The summed E-state index contributed by atoms with van der Waals surface area (Å²) in [6.45, 7) is 3.10. The van der Waals surface area contributed by atoms with Gasteiger partial charge in [-0.2, -0.15) is 0 Å². The largest absolute Gasteiger partial charge is 0.313 e. The molecule has 0 aliphatic rings. The molecule has 0 amide bonds. The first-order valence-electron chi connectivity index (χ1n) is 7.26. The monoisotopic (exact) mass is 350 g/mol. The predicted molar refractivity (Wildman–Crippen MR) is 87.8 cm³/mol. The van der Waals surface area contributed by atoms with E-state index in [-0.39, 0.29) is 11.9 Å². The van der Waals surface area contributed by atoms with Crippen molar-refractivity contribution in [1.29, 1.82) is 0 Å². The number of pyridine rings is 1. The van der Waals surface area contributed by atoms with Crippen LogP contribution in [0, 0.1) is 5.82 Å². The van der Waals surface area contributed by atoms with Gasteiger partial charge >= 0.3 is 0 Å². The van der Waals surface area contributed by atoms with E-state index in [2.05, 4.69) is 39.2 Å². The molecule has 0 saturated carbocycles. The maximum atomic E-state index is 13.6. The van der Waals surface area contributed by atoms with Gasteiger partial charge in [0.2, 0.25) is 0 Å². The van der Waals surface area contributed by atoms with E-state index >= 15 is 0 Å². The van der Waals surface area contributed by atoms with Crippen LogP contribution >= 0.6 is 15.9 Å². The third-order valence-corrected chi connectivity index (χ3v) is 4.27. The lowest BCUT2D eigenvalue weighted by atomic mass is 9.99. The number of hydrogen-bond acceptors (Lipinski definition) is 2. The standard InChI is InChI=1S/C17H20BrFN2/c1-2-8-21-15(10-13-5-4-9-20-12-13)11-14-6-3-7-16(19)17(14)18/h3-7,9,12,15,21H,2,8,10-11H2,1H3. The average Bonchev–Trinajstić information content (AvgIpc) is 2.50. The molecule has 112 valence electrons.